The lowest BCUT2D eigenvalue weighted by atomic mass is 10.1. The molecule has 0 bridgehead atoms. The van der Waals surface area contributed by atoms with Crippen LogP contribution in [0.4, 0.5) is 15.8 Å². The van der Waals surface area contributed by atoms with E-state index in [1.54, 1.807) is 6.07 Å². The molecule has 1 rings (SSSR count). The Balaban J connectivity index is 2.82. The highest BCUT2D eigenvalue weighted by molar-refractivity contribution is 6.31. The van der Waals surface area contributed by atoms with Gasteiger partial charge in [0.05, 0.1) is 16.4 Å². The van der Waals surface area contributed by atoms with Gasteiger partial charge in [-0.3, -0.25) is 0 Å². The minimum absolute atomic E-state index is 0.112. The molecule has 0 aliphatic carbocycles. The molecular formula is C12H18ClFN2. The van der Waals surface area contributed by atoms with Gasteiger partial charge in [-0.25, -0.2) is 4.39 Å². The van der Waals surface area contributed by atoms with Gasteiger partial charge in [0.1, 0.15) is 5.82 Å². The molecule has 0 saturated carbocycles. The maximum Gasteiger partial charge on any atom is 0.143 e. The summed E-state index contributed by atoms with van der Waals surface area (Å²) in [4.78, 5) is 2.00. The molecule has 0 aromatic heterocycles. The van der Waals surface area contributed by atoms with E-state index in [4.69, 9.17) is 17.3 Å². The summed E-state index contributed by atoms with van der Waals surface area (Å²) in [6.45, 7) is 5.20. The van der Waals surface area contributed by atoms with Crippen LogP contribution in [0.5, 0.6) is 0 Å². The lowest BCUT2D eigenvalue weighted by Crippen LogP contribution is -2.21. The molecule has 90 valence electrons. The van der Waals surface area contributed by atoms with Gasteiger partial charge in [-0.1, -0.05) is 25.4 Å². The van der Waals surface area contributed by atoms with Crippen molar-refractivity contribution in [3.8, 4) is 0 Å². The van der Waals surface area contributed by atoms with E-state index in [1.165, 1.54) is 6.07 Å². The van der Waals surface area contributed by atoms with E-state index in [9.17, 15) is 4.39 Å². The summed E-state index contributed by atoms with van der Waals surface area (Å²) in [5.41, 5.74) is 6.97. The van der Waals surface area contributed by atoms with E-state index >= 15 is 0 Å². The van der Waals surface area contributed by atoms with Gasteiger partial charge >= 0.3 is 0 Å². The Morgan fingerprint density at radius 3 is 2.62 bits per heavy atom. The number of halogens is 2. The first-order valence-corrected chi connectivity index (χ1v) is 5.75. The Labute approximate surface area is 101 Å². The van der Waals surface area contributed by atoms with Crippen LogP contribution < -0.4 is 10.6 Å². The summed E-state index contributed by atoms with van der Waals surface area (Å²) in [5, 5.41) is 0.112. The maximum absolute atomic E-state index is 13.1. The molecule has 1 aromatic carbocycles. The predicted octanol–water partition coefficient (Wildman–Crippen LogP) is 3.54. The van der Waals surface area contributed by atoms with Crippen molar-refractivity contribution in [2.75, 3.05) is 24.2 Å². The number of anilines is 2. The molecule has 0 amide bonds. The van der Waals surface area contributed by atoms with Gasteiger partial charge in [-0.2, -0.15) is 0 Å². The van der Waals surface area contributed by atoms with Gasteiger partial charge < -0.3 is 10.6 Å². The zero-order valence-corrected chi connectivity index (χ0v) is 10.7. The van der Waals surface area contributed by atoms with Crippen molar-refractivity contribution in [1.82, 2.24) is 0 Å². The molecule has 0 atom stereocenters. The second-order valence-corrected chi connectivity index (χ2v) is 4.84. The Morgan fingerprint density at radius 1 is 1.44 bits per heavy atom. The first kappa shape index (κ1) is 13.1. The van der Waals surface area contributed by atoms with Crippen molar-refractivity contribution in [3.63, 3.8) is 0 Å². The van der Waals surface area contributed by atoms with E-state index < -0.39 is 5.82 Å². The van der Waals surface area contributed by atoms with Crippen LogP contribution in [-0.4, -0.2) is 13.6 Å². The van der Waals surface area contributed by atoms with Gasteiger partial charge in [-0.05, 0) is 18.4 Å². The van der Waals surface area contributed by atoms with E-state index in [2.05, 4.69) is 13.8 Å². The van der Waals surface area contributed by atoms with Crippen molar-refractivity contribution < 1.29 is 4.39 Å². The second kappa shape index (κ2) is 5.39. The van der Waals surface area contributed by atoms with E-state index in [1.807, 2.05) is 11.9 Å². The third kappa shape index (κ3) is 3.27. The lowest BCUT2D eigenvalue weighted by molar-refractivity contribution is 0.585. The molecule has 1 aromatic rings. The smallest absolute Gasteiger partial charge is 0.143 e. The highest BCUT2D eigenvalue weighted by Crippen LogP contribution is 2.28. The topological polar surface area (TPSA) is 29.3 Å². The van der Waals surface area contributed by atoms with Crippen LogP contribution in [0.1, 0.15) is 20.3 Å². The summed E-state index contributed by atoms with van der Waals surface area (Å²) in [6, 6.07) is 2.84. The highest BCUT2D eigenvalue weighted by atomic mass is 35.5. The van der Waals surface area contributed by atoms with Crippen LogP contribution in [0.25, 0.3) is 0 Å². The lowest BCUT2D eigenvalue weighted by Gasteiger charge is -2.22. The maximum atomic E-state index is 13.1. The van der Waals surface area contributed by atoms with E-state index in [0.717, 1.165) is 18.7 Å². The van der Waals surface area contributed by atoms with Crippen LogP contribution in [0.15, 0.2) is 12.1 Å². The first-order chi connectivity index (χ1) is 7.41. The Kier molecular flexibility index (Phi) is 4.42. The molecule has 0 aliphatic rings. The zero-order chi connectivity index (χ0) is 12.3. The van der Waals surface area contributed by atoms with Crippen molar-refractivity contribution in [3.05, 3.63) is 23.0 Å². The number of rotatable bonds is 4. The zero-order valence-electron chi connectivity index (χ0n) is 9.93. The number of nitrogen functional groups attached to an aromatic ring is 1. The third-order valence-electron chi connectivity index (χ3n) is 2.52. The van der Waals surface area contributed by atoms with Gasteiger partial charge in [0.25, 0.3) is 0 Å². The molecule has 16 heavy (non-hydrogen) atoms. The normalized spacial score (nSPS) is 10.9. The Morgan fingerprint density at radius 2 is 2.06 bits per heavy atom. The number of nitrogens with two attached hydrogens (primary N) is 1. The fraction of sp³-hybridized carbons (Fsp3) is 0.500. The van der Waals surface area contributed by atoms with E-state index in [0.29, 0.717) is 11.6 Å². The van der Waals surface area contributed by atoms with Gasteiger partial charge in [0, 0.05) is 19.7 Å². The SMILES string of the molecule is CC(C)CCN(C)c1cc(Cl)c(F)cc1N. The fourth-order valence-electron chi connectivity index (χ4n) is 1.45. The van der Waals surface area contributed by atoms with Crippen molar-refractivity contribution >= 4 is 23.0 Å². The quantitative estimate of drug-likeness (QED) is 0.821. The van der Waals surface area contributed by atoms with Crippen LogP contribution in [-0.2, 0) is 0 Å². The molecule has 2 N–H and O–H groups in total. The second-order valence-electron chi connectivity index (χ2n) is 4.43. The predicted molar refractivity (Wildman–Crippen MR) is 68.5 cm³/mol. The van der Waals surface area contributed by atoms with Gasteiger partial charge in [0.2, 0.25) is 0 Å². The molecule has 4 heteroatoms. The first-order valence-electron chi connectivity index (χ1n) is 5.37. The molecule has 0 unspecified atom stereocenters. The van der Waals surface area contributed by atoms with Crippen LogP contribution in [0.3, 0.4) is 0 Å². The largest absolute Gasteiger partial charge is 0.397 e. The van der Waals surface area contributed by atoms with Crippen molar-refractivity contribution in [2.45, 2.75) is 20.3 Å². The van der Waals surface area contributed by atoms with Crippen LogP contribution >= 0.6 is 11.6 Å². The summed E-state index contributed by atoms with van der Waals surface area (Å²) in [5.74, 6) is 0.153. The van der Waals surface area contributed by atoms with Crippen LogP contribution in [0, 0.1) is 11.7 Å². The fourth-order valence-corrected chi connectivity index (χ4v) is 1.61. The standard InChI is InChI=1S/C12H18ClFN2/c1-8(2)4-5-16(3)12-6-9(13)10(14)7-11(12)15/h6-8H,4-5,15H2,1-3H3. The van der Waals surface area contributed by atoms with Crippen molar-refractivity contribution in [2.24, 2.45) is 5.92 Å². The number of nitrogens with zero attached hydrogens (tertiary/aromatic N) is 1. The summed E-state index contributed by atoms with van der Waals surface area (Å²) in [6.07, 6.45) is 1.06. The molecular weight excluding hydrogens is 227 g/mol. The molecule has 0 radical (unpaired) electrons. The molecule has 2 nitrogen and oxygen atoms in total. The summed E-state index contributed by atoms with van der Waals surface area (Å²) < 4.78 is 13.1. The van der Waals surface area contributed by atoms with Crippen LogP contribution in [0.2, 0.25) is 5.02 Å². The Bertz CT molecular complexity index is 366. The number of benzene rings is 1. The molecule has 0 heterocycles. The molecule has 0 aliphatic heterocycles. The average Bonchev–Trinajstić information content (AvgIpc) is 2.20. The van der Waals surface area contributed by atoms with Gasteiger partial charge in [-0.15, -0.1) is 0 Å². The highest BCUT2D eigenvalue weighted by Gasteiger charge is 2.10. The molecule has 0 spiro atoms. The van der Waals surface area contributed by atoms with Gasteiger partial charge in [0.15, 0.2) is 0 Å². The summed E-state index contributed by atoms with van der Waals surface area (Å²) >= 11 is 5.74. The molecule has 0 saturated heterocycles. The third-order valence-corrected chi connectivity index (χ3v) is 2.81. The number of hydrogen-bond acceptors (Lipinski definition) is 2. The monoisotopic (exact) mass is 244 g/mol. The average molecular weight is 245 g/mol. The molecule has 0 fully saturated rings. The minimum Gasteiger partial charge on any atom is -0.397 e. The van der Waals surface area contributed by atoms with E-state index in [-0.39, 0.29) is 5.02 Å². The Hall–Kier alpha value is -0.960. The minimum atomic E-state index is -0.472. The summed E-state index contributed by atoms with van der Waals surface area (Å²) in [7, 11) is 1.93. The van der Waals surface area contributed by atoms with Crippen molar-refractivity contribution in [1.29, 1.82) is 0 Å². The number of hydrogen-bond donors (Lipinski definition) is 1.